The van der Waals surface area contributed by atoms with E-state index >= 15 is 4.11 Å². The Morgan fingerprint density at radius 1 is 1.04 bits per heavy atom. The predicted octanol–water partition coefficient (Wildman–Crippen LogP) is 6.65. The molecule has 52 heavy (non-hydrogen) atoms. The molecular weight excluding hydrogens is 676 g/mol. The Kier molecular flexibility index (Phi) is 9.55. The Hall–Kier alpha value is -5.17. The highest BCUT2D eigenvalue weighted by Gasteiger charge is 2.66. The van der Waals surface area contributed by atoms with E-state index in [-0.39, 0.29) is 30.9 Å². The maximum Gasteiger partial charge on any atom is 0.264 e. The Morgan fingerprint density at radius 2 is 1.77 bits per heavy atom. The van der Waals surface area contributed by atoms with Crippen LogP contribution in [0, 0.1) is 5.92 Å². The van der Waals surface area contributed by atoms with Gasteiger partial charge in [-0.05, 0) is 73.1 Å². The average Bonchev–Trinajstić information content (AvgIpc) is 3.79. The second kappa shape index (κ2) is 14.1. The second-order valence-corrected chi connectivity index (χ2v) is 18.1. The highest BCUT2D eigenvalue weighted by atomic mass is 28.4. The fourth-order valence-electron chi connectivity index (χ4n) is 8.09. The summed E-state index contributed by atoms with van der Waals surface area (Å²) >= 11 is 0. The van der Waals surface area contributed by atoms with Crippen molar-refractivity contribution < 1.29 is 23.5 Å². The lowest BCUT2D eigenvalue weighted by Gasteiger charge is -2.31. The van der Waals surface area contributed by atoms with Crippen LogP contribution < -0.4 is 16.0 Å². The minimum absolute atomic E-state index is 0.112. The summed E-state index contributed by atoms with van der Waals surface area (Å²) in [5.41, 5.74) is 9.47. The van der Waals surface area contributed by atoms with Crippen LogP contribution in [0.4, 0.5) is 21.2 Å². The molecule has 1 aromatic heterocycles. The molecule has 3 heterocycles. The molecule has 12 heteroatoms. The molecule has 4 N–H and O–H groups in total. The number of nitrogens with two attached hydrogens (primary N) is 1. The fourth-order valence-corrected chi connectivity index (χ4v) is 10.6. The minimum Gasteiger partial charge on any atom is -0.399 e. The van der Waals surface area contributed by atoms with Gasteiger partial charge >= 0.3 is 0 Å². The first kappa shape index (κ1) is 35.2. The number of halogens is 1. The lowest BCUT2D eigenvalue weighted by Crippen LogP contribution is -2.45. The van der Waals surface area contributed by atoms with Gasteiger partial charge in [0.15, 0.2) is 5.60 Å². The first-order valence-corrected chi connectivity index (χ1v) is 20.5. The van der Waals surface area contributed by atoms with Crippen molar-refractivity contribution >= 4 is 37.3 Å². The third kappa shape index (κ3) is 6.53. The first-order chi connectivity index (χ1) is 25.0. The number of anilines is 3. The Bertz CT molecular complexity index is 2070. The van der Waals surface area contributed by atoms with Gasteiger partial charge in [0.25, 0.3) is 11.8 Å². The molecule has 0 bridgehead atoms. The monoisotopic (exact) mass is 718 g/mol. The van der Waals surface area contributed by atoms with Crippen LogP contribution in [0.15, 0.2) is 109 Å². The lowest BCUT2D eigenvalue weighted by molar-refractivity contribution is -0.146. The molecule has 5 atom stereocenters. The minimum atomic E-state index is -3.37. The Balaban J connectivity index is 1.12. The molecule has 268 valence electrons. The number of aliphatic hydroxyl groups is 1. The fraction of sp³-hybridized carbons (Fsp3) is 0.300. The van der Waals surface area contributed by atoms with Gasteiger partial charge in [-0.15, -0.1) is 5.10 Å². The van der Waals surface area contributed by atoms with E-state index in [0.717, 1.165) is 22.4 Å². The van der Waals surface area contributed by atoms with Crippen molar-refractivity contribution in [2.45, 2.75) is 62.7 Å². The molecule has 7 rings (SSSR count). The molecule has 2 amide bonds. The number of nitrogen functional groups attached to an aromatic ring is 1. The van der Waals surface area contributed by atoms with E-state index < -0.39 is 31.6 Å². The third-order valence-corrected chi connectivity index (χ3v) is 13.0. The molecule has 4 aromatic carbocycles. The van der Waals surface area contributed by atoms with Crippen molar-refractivity contribution in [1.29, 1.82) is 0 Å². The van der Waals surface area contributed by atoms with E-state index in [1.54, 1.807) is 53.0 Å². The number of aryl methyl sites for hydroxylation is 1. The van der Waals surface area contributed by atoms with E-state index in [9.17, 15) is 14.7 Å². The van der Waals surface area contributed by atoms with Gasteiger partial charge in [0.05, 0.1) is 36.6 Å². The van der Waals surface area contributed by atoms with Crippen molar-refractivity contribution in [3.05, 3.63) is 137 Å². The summed E-state index contributed by atoms with van der Waals surface area (Å²) in [7, 11) is -3.37. The average molecular weight is 719 g/mol. The molecule has 1 saturated heterocycles. The van der Waals surface area contributed by atoms with Crippen LogP contribution in [0.1, 0.15) is 52.0 Å². The Morgan fingerprint density at radius 3 is 2.50 bits per heavy atom. The van der Waals surface area contributed by atoms with Gasteiger partial charge in [0.2, 0.25) is 8.41 Å². The van der Waals surface area contributed by atoms with Gasteiger partial charge in [-0.1, -0.05) is 72.8 Å². The largest absolute Gasteiger partial charge is 0.399 e. The molecular formula is C40H43FN6O4Si. The van der Waals surface area contributed by atoms with Crippen molar-refractivity contribution in [1.82, 2.24) is 15.0 Å². The number of hydrogen-bond donors (Lipinski definition) is 3. The number of amides is 2. The number of benzene rings is 4. The van der Waals surface area contributed by atoms with Gasteiger partial charge in [0.1, 0.15) is 0 Å². The molecule has 0 radical (unpaired) electrons. The second-order valence-electron chi connectivity index (χ2n) is 14.3. The van der Waals surface area contributed by atoms with Gasteiger partial charge in [-0.2, -0.15) is 0 Å². The molecule has 0 saturated carbocycles. The number of rotatable bonds is 11. The summed E-state index contributed by atoms with van der Waals surface area (Å²) in [4.78, 5) is 29.4. The molecule has 5 aromatic rings. The SMILES string of the molecule is C[C@H]1[C@H]([Si](C)(C)F)[C@@H](CCn2cc(C(CO)c3ccccc3)nn2)O[C@]12C(=O)N(Cc1cccc(NC(=O)c3ccc(N)cc3)c1)c1ccccc12. The quantitative estimate of drug-likeness (QED) is 0.0791. The van der Waals surface area contributed by atoms with Gasteiger partial charge < -0.3 is 29.9 Å². The maximum atomic E-state index is 16.4. The van der Waals surface area contributed by atoms with Crippen molar-refractivity contribution in [2.75, 3.05) is 22.6 Å². The number of aliphatic hydroxyl groups excluding tert-OH is 1. The predicted molar refractivity (Wildman–Crippen MR) is 201 cm³/mol. The number of nitrogens with zero attached hydrogens (tertiary/aromatic N) is 4. The summed E-state index contributed by atoms with van der Waals surface area (Å²) in [6.45, 7) is 5.86. The first-order valence-electron chi connectivity index (χ1n) is 17.6. The number of para-hydroxylation sites is 1. The highest BCUT2D eigenvalue weighted by molar-refractivity contribution is 6.72. The smallest absolute Gasteiger partial charge is 0.264 e. The van der Waals surface area contributed by atoms with Crippen molar-refractivity contribution in [3.63, 3.8) is 0 Å². The standard InChI is InChI=1S/C40H43FN6O4Si/c1-26-37(52(2,3)41)36(20-21-46-24-34(44-45-46)32(25-48)28-11-5-4-6-12-28)51-40(26)33-14-7-8-15-35(33)47(39(40)50)23-27-10-9-13-31(22-27)43-38(49)29-16-18-30(42)19-17-29/h4-19,22,24,26,32,36-37,48H,20-21,23,25,42H2,1-3H3,(H,43,49)/t26-,32?,36+,37-,40+/m0/s1. The number of aromatic nitrogens is 3. The molecule has 1 spiro atoms. The zero-order valence-electron chi connectivity index (χ0n) is 29.4. The molecule has 2 aliphatic rings. The maximum absolute atomic E-state index is 16.4. The van der Waals surface area contributed by atoms with Crippen LogP contribution >= 0.6 is 0 Å². The highest BCUT2D eigenvalue weighted by Crippen LogP contribution is 2.60. The van der Waals surface area contributed by atoms with Crippen molar-refractivity contribution in [3.8, 4) is 0 Å². The topological polar surface area (TPSA) is 136 Å². The number of ether oxygens (including phenoxy) is 1. The van der Waals surface area contributed by atoms with Crippen molar-refractivity contribution in [2.24, 2.45) is 5.92 Å². The zero-order valence-corrected chi connectivity index (χ0v) is 30.4. The molecule has 1 fully saturated rings. The summed E-state index contributed by atoms with van der Waals surface area (Å²) in [5, 5.41) is 21.8. The molecule has 2 aliphatic heterocycles. The van der Waals surface area contributed by atoms with E-state index in [4.69, 9.17) is 10.5 Å². The van der Waals surface area contributed by atoms with Crippen LogP contribution in [-0.4, -0.2) is 53.0 Å². The Labute approximate surface area is 303 Å². The number of nitrogens with one attached hydrogen (secondary N) is 1. The van der Waals surface area contributed by atoms with E-state index in [1.807, 2.05) is 85.9 Å². The molecule has 0 aliphatic carbocycles. The van der Waals surface area contributed by atoms with Gasteiger partial charge in [0, 0.05) is 46.7 Å². The lowest BCUT2D eigenvalue weighted by atomic mass is 9.82. The normalized spacial score (nSPS) is 21.8. The molecule has 1 unspecified atom stereocenters. The van der Waals surface area contributed by atoms with E-state index in [1.165, 1.54) is 0 Å². The van der Waals surface area contributed by atoms with Crippen LogP contribution in [0.3, 0.4) is 0 Å². The van der Waals surface area contributed by atoms with Crippen LogP contribution in [0.2, 0.25) is 18.6 Å². The van der Waals surface area contributed by atoms with Gasteiger partial charge in [-0.3, -0.25) is 14.3 Å². The number of hydrogen-bond acceptors (Lipinski definition) is 7. The third-order valence-electron chi connectivity index (χ3n) is 10.5. The molecule has 10 nitrogen and oxygen atoms in total. The number of carbonyl (C=O) groups excluding carboxylic acids is 2. The summed E-state index contributed by atoms with van der Waals surface area (Å²) in [5.74, 6) is -1.24. The summed E-state index contributed by atoms with van der Waals surface area (Å²) in [6.07, 6.45) is 1.71. The van der Waals surface area contributed by atoms with Crippen LogP contribution in [0.25, 0.3) is 0 Å². The van der Waals surface area contributed by atoms with Crippen LogP contribution in [-0.2, 0) is 28.2 Å². The van der Waals surface area contributed by atoms with E-state index in [2.05, 4.69) is 15.6 Å². The van der Waals surface area contributed by atoms with Crippen LogP contribution in [0.5, 0.6) is 0 Å². The summed E-state index contributed by atoms with van der Waals surface area (Å²) in [6, 6.07) is 31.4. The summed E-state index contributed by atoms with van der Waals surface area (Å²) < 4.78 is 25.0. The van der Waals surface area contributed by atoms with E-state index in [0.29, 0.717) is 35.6 Å². The number of carbonyl (C=O) groups is 2. The zero-order chi connectivity index (χ0) is 36.6. The number of fused-ring (bicyclic) bond motifs is 2. The van der Waals surface area contributed by atoms with Gasteiger partial charge in [-0.25, -0.2) is 0 Å².